The van der Waals surface area contributed by atoms with E-state index >= 15 is 0 Å². The fourth-order valence-corrected chi connectivity index (χ4v) is 3.67. The van der Waals surface area contributed by atoms with Crippen LogP contribution in [-0.2, 0) is 0 Å². The van der Waals surface area contributed by atoms with Gasteiger partial charge in [0.25, 0.3) is 0 Å². The van der Waals surface area contributed by atoms with Gasteiger partial charge in [-0.2, -0.15) is 20.1 Å². The molecule has 0 radical (unpaired) electrons. The maximum atomic E-state index is 9.97. The lowest BCUT2D eigenvalue weighted by molar-refractivity contribution is -0.0999. The number of nitrogens with one attached hydrogen (secondary N) is 1. The van der Waals surface area contributed by atoms with Gasteiger partial charge in [-0.25, -0.2) is 5.43 Å². The van der Waals surface area contributed by atoms with E-state index in [-0.39, 0.29) is 5.95 Å². The molecule has 12 heteroatoms. The number of aliphatic hydroxyl groups excluding tert-OH is 5. The Morgan fingerprint density at radius 3 is 1.81 bits per heavy atom. The van der Waals surface area contributed by atoms with Crippen molar-refractivity contribution in [2.45, 2.75) is 62.9 Å². The third-order valence-corrected chi connectivity index (χ3v) is 5.56. The molecule has 174 valence electrons. The second kappa shape index (κ2) is 11.5. The fourth-order valence-electron chi connectivity index (χ4n) is 3.67. The van der Waals surface area contributed by atoms with E-state index < -0.39 is 31.0 Å². The quantitative estimate of drug-likeness (QED) is 0.199. The van der Waals surface area contributed by atoms with Crippen LogP contribution in [0.1, 0.15) is 38.5 Å². The Kier molecular flexibility index (Phi) is 8.72. The average molecular weight is 440 g/mol. The number of hydrogen-bond donors (Lipinski definition) is 6. The summed E-state index contributed by atoms with van der Waals surface area (Å²) >= 11 is 0. The molecule has 0 aromatic carbocycles. The monoisotopic (exact) mass is 439 g/mol. The zero-order valence-corrected chi connectivity index (χ0v) is 17.6. The molecule has 0 bridgehead atoms. The van der Waals surface area contributed by atoms with Gasteiger partial charge in [0, 0.05) is 26.2 Å². The Hall–Kier alpha value is -2.12. The van der Waals surface area contributed by atoms with Gasteiger partial charge in [0.15, 0.2) is 0 Å². The Balaban J connectivity index is 1.72. The van der Waals surface area contributed by atoms with Crippen molar-refractivity contribution in [1.82, 2.24) is 15.0 Å². The second-order valence-corrected chi connectivity index (χ2v) is 7.97. The highest BCUT2D eigenvalue weighted by Gasteiger charge is 2.29. The number of piperidine rings is 2. The summed E-state index contributed by atoms with van der Waals surface area (Å²) < 4.78 is 0. The van der Waals surface area contributed by atoms with Crippen molar-refractivity contribution in [1.29, 1.82) is 0 Å². The van der Waals surface area contributed by atoms with Crippen molar-refractivity contribution >= 4 is 24.1 Å². The van der Waals surface area contributed by atoms with E-state index in [4.69, 9.17) is 5.11 Å². The fraction of sp³-hybridized carbons (Fsp3) is 0.789. The van der Waals surface area contributed by atoms with E-state index in [1.807, 2.05) is 0 Å². The van der Waals surface area contributed by atoms with Crippen molar-refractivity contribution in [3.63, 3.8) is 0 Å². The van der Waals surface area contributed by atoms with Crippen molar-refractivity contribution in [2.24, 2.45) is 5.10 Å². The van der Waals surface area contributed by atoms with Gasteiger partial charge in [-0.3, -0.25) is 0 Å². The van der Waals surface area contributed by atoms with Crippen LogP contribution in [0.2, 0.25) is 0 Å². The van der Waals surface area contributed by atoms with Crippen LogP contribution < -0.4 is 15.2 Å². The summed E-state index contributed by atoms with van der Waals surface area (Å²) in [5.41, 5.74) is 2.66. The molecule has 2 saturated heterocycles. The van der Waals surface area contributed by atoms with Gasteiger partial charge in [-0.1, -0.05) is 0 Å². The molecule has 6 N–H and O–H groups in total. The van der Waals surface area contributed by atoms with Gasteiger partial charge in [-0.05, 0) is 38.5 Å². The van der Waals surface area contributed by atoms with Gasteiger partial charge in [0.05, 0.1) is 12.8 Å². The highest BCUT2D eigenvalue weighted by Crippen LogP contribution is 2.22. The summed E-state index contributed by atoms with van der Waals surface area (Å²) in [7, 11) is 0. The number of hydrogen-bond acceptors (Lipinski definition) is 12. The van der Waals surface area contributed by atoms with Gasteiger partial charge >= 0.3 is 0 Å². The van der Waals surface area contributed by atoms with Gasteiger partial charge < -0.3 is 35.3 Å². The summed E-state index contributed by atoms with van der Waals surface area (Å²) in [4.78, 5) is 17.8. The van der Waals surface area contributed by atoms with E-state index in [0.29, 0.717) is 11.9 Å². The Labute approximate surface area is 181 Å². The molecule has 0 saturated carbocycles. The minimum absolute atomic E-state index is 0.213. The van der Waals surface area contributed by atoms with Gasteiger partial charge in [0.1, 0.15) is 24.4 Å². The topological polar surface area (TPSA) is 171 Å². The van der Waals surface area contributed by atoms with Crippen LogP contribution >= 0.6 is 0 Å². The third kappa shape index (κ3) is 6.43. The lowest BCUT2D eigenvalue weighted by Crippen LogP contribution is -2.46. The van der Waals surface area contributed by atoms with Crippen molar-refractivity contribution < 1.29 is 25.5 Å². The predicted octanol–water partition coefficient (Wildman–Crippen LogP) is -1.31. The van der Waals surface area contributed by atoms with Crippen molar-refractivity contribution in [3.05, 3.63) is 0 Å². The van der Waals surface area contributed by atoms with Gasteiger partial charge in [-0.15, -0.1) is 0 Å². The molecule has 3 rings (SSSR count). The second-order valence-electron chi connectivity index (χ2n) is 7.97. The first kappa shape index (κ1) is 23.5. The van der Waals surface area contributed by atoms with Gasteiger partial charge in [0.2, 0.25) is 17.8 Å². The number of rotatable bonds is 9. The molecule has 1 aromatic rings. The normalized spacial score (nSPS) is 21.7. The van der Waals surface area contributed by atoms with Crippen LogP contribution in [0.25, 0.3) is 0 Å². The standard InChI is InChI=1S/C19H33N7O5/c27-12-14(29)16(31)15(30)13(28)11-20-24-17-21-18(25-7-3-1-4-8-25)23-19(22-17)26-9-5-2-6-10-26/h11,13-16,27-31H,1-10,12H2,(H,21,22,23,24)/b20-11-/t13-,14-,15+,16-/m0/s1. The Bertz CT molecular complexity index is 677. The minimum atomic E-state index is -1.72. The van der Waals surface area contributed by atoms with E-state index in [1.54, 1.807) is 0 Å². The van der Waals surface area contributed by atoms with E-state index in [0.717, 1.165) is 58.1 Å². The number of aromatic nitrogens is 3. The number of anilines is 3. The third-order valence-electron chi connectivity index (χ3n) is 5.56. The molecule has 12 nitrogen and oxygen atoms in total. The summed E-state index contributed by atoms with van der Waals surface area (Å²) in [5.74, 6) is 1.37. The maximum Gasteiger partial charge on any atom is 0.250 e. The van der Waals surface area contributed by atoms with Crippen LogP contribution in [0.3, 0.4) is 0 Å². The molecule has 0 unspecified atom stereocenters. The highest BCUT2D eigenvalue weighted by atomic mass is 16.4. The SMILES string of the molecule is OC[C@H](O)[C@H](O)[C@H](O)[C@@H](O)/C=N\Nc1nc(N2CCCCC2)nc(N2CCCCC2)n1. The molecule has 2 aliphatic heterocycles. The first-order chi connectivity index (χ1) is 15.0. The molecule has 1 aromatic heterocycles. The lowest BCUT2D eigenvalue weighted by Gasteiger charge is -2.30. The number of nitrogens with zero attached hydrogens (tertiary/aromatic N) is 6. The number of hydrazone groups is 1. The predicted molar refractivity (Wildman–Crippen MR) is 115 cm³/mol. The van der Waals surface area contributed by atoms with Crippen LogP contribution in [0.4, 0.5) is 17.8 Å². The molecular formula is C19H33N7O5. The first-order valence-corrected chi connectivity index (χ1v) is 10.9. The van der Waals surface area contributed by atoms with Crippen LogP contribution in [0.5, 0.6) is 0 Å². The zero-order valence-electron chi connectivity index (χ0n) is 17.6. The summed E-state index contributed by atoms with van der Waals surface area (Å²) in [5, 5.41) is 51.6. The highest BCUT2D eigenvalue weighted by molar-refractivity contribution is 5.64. The maximum absolute atomic E-state index is 9.97. The molecular weight excluding hydrogens is 406 g/mol. The average Bonchev–Trinajstić information content (AvgIpc) is 2.83. The smallest absolute Gasteiger partial charge is 0.250 e. The first-order valence-electron chi connectivity index (χ1n) is 10.9. The largest absolute Gasteiger partial charge is 0.394 e. The summed E-state index contributed by atoms with van der Waals surface area (Å²) in [6, 6.07) is 0. The Morgan fingerprint density at radius 1 is 0.806 bits per heavy atom. The van der Waals surface area contributed by atoms with Crippen LogP contribution in [-0.4, -0.2) is 104 Å². The van der Waals surface area contributed by atoms with Crippen LogP contribution in [0.15, 0.2) is 5.10 Å². The Morgan fingerprint density at radius 2 is 1.32 bits per heavy atom. The van der Waals surface area contributed by atoms with E-state index in [9.17, 15) is 20.4 Å². The zero-order chi connectivity index (χ0) is 22.2. The van der Waals surface area contributed by atoms with Crippen molar-refractivity contribution in [3.8, 4) is 0 Å². The molecule has 0 aliphatic carbocycles. The molecule has 2 fully saturated rings. The molecule has 0 spiro atoms. The van der Waals surface area contributed by atoms with E-state index in [1.165, 1.54) is 12.8 Å². The minimum Gasteiger partial charge on any atom is -0.394 e. The molecule has 4 atom stereocenters. The number of aliphatic hydroxyl groups is 5. The lowest BCUT2D eigenvalue weighted by atomic mass is 10.0. The molecule has 31 heavy (non-hydrogen) atoms. The molecule has 2 aliphatic rings. The molecule has 3 heterocycles. The summed E-state index contributed by atoms with van der Waals surface area (Å²) in [6.07, 6.45) is 1.08. The van der Waals surface area contributed by atoms with Crippen LogP contribution in [0, 0.1) is 0 Å². The summed E-state index contributed by atoms with van der Waals surface area (Å²) in [6.45, 7) is 2.76. The molecule has 0 amide bonds. The van der Waals surface area contributed by atoms with Crippen molar-refractivity contribution in [2.75, 3.05) is 48.0 Å². The van der Waals surface area contributed by atoms with E-state index in [2.05, 4.69) is 35.3 Å².